The first-order valence-corrected chi connectivity index (χ1v) is 7.48. The molecule has 5 heteroatoms. The van der Waals surface area contributed by atoms with Crippen molar-refractivity contribution in [2.75, 3.05) is 0 Å². The second kappa shape index (κ2) is 6.31. The summed E-state index contributed by atoms with van der Waals surface area (Å²) in [5.74, 6) is -0.0333. The highest BCUT2D eigenvalue weighted by molar-refractivity contribution is 7.80. The van der Waals surface area contributed by atoms with Gasteiger partial charge in [-0.2, -0.15) is 0 Å². The Morgan fingerprint density at radius 3 is 2.50 bits per heavy atom. The highest BCUT2D eigenvalue weighted by atomic mass is 32.1. The van der Waals surface area contributed by atoms with Gasteiger partial charge in [-0.05, 0) is 37.5 Å². The van der Waals surface area contributed by atoms with E-state index in [1.165, 1.54) is 0 Å². The maximum atomic E-state index is 12.7. The molecule has 1 aliphatic rings. The van der Waals surface area contributed by atoms with Crippen molar-refractivity contribution in [1.29, 1.82) is 0 Å². The van der Waals surface area contributed by atoms with Gasteiger partial charge < -0.3 is 11.1 Å². The van der Waals surface area contributed by atoms with Crippen LogP contribution in [0, 0.1) is 5.41 Å². The number of thiocarbonyl (C=S) groups is 1. The van der Waals surface area contributed by atoms with Crippen LogP contribution in [0.1, 0.15) is 50.6 Å². The minimum absolute atomic E-state index is 0.0333. The van der Waals surface area contributed by atoms with Crippen molar-refractivity contribution in [3.63, 3.8) is 0 Å². The average Bonchev–Trinajstić information content (AvgIpc) is 2.48. The van der Waals surface area contributed by atoms with Gasteiger partial charge in [0.25, 0.3) is 0 Å². The van der Waals surface area contributed by atoms with Crippen LogP contribution in [0.3, 0.4) is 0 Å². The van der Waals surface area contributed by atoms with Crippen LogP contribution >= 0.6 is 12.2 Å². The molecule has 108 valence electrons. The van der Waals surface area contributed by atoms with E-state index in [9.17, 15) is 4.79 Å². The smallest absolute Gasteiger partial charge is 0.233 e. The molecule has 1 aliphatic carbocycles. The van der Waals surface area contributed by atoms with Gasteiger partial charge in [0.2, 0.25) is 5.91 Å². The number of amides is 1. The summed E-state index contributed by atoms with van der Waals surface area (Å²) in [4.78, 5) is 17.0. The fourth-order valence-electron chi connectivity index (χ4n) is 2.81. The number of carbonyl (C=O) groups is 1. The molecule has 0 radical (unpaired) electrons. The summed E-state index contributed by atoms with van der Waals surface area (Å²) in [6.45, 7) is 1.96. The van der Waals surface area contributed by atoms with Crippen LogP contribution in [0.4, 0.5) is 0 Å². The van der Waals surface area contributed by atoms with E-state index in [0.717, 1.165) is 37.7 Å². The first-order valence-electron chi connectivity index (χ1n) is 7.07. The Balaban J connectivity index is 2.11. The highest BCUT2D eigenvalue weighted by Gasteiger charge is 2.42. The monoisotopic (exact) mass is 291 g/mol. The number of pyridine rings is 1. The van der Waals surface area contributed by atoms with E-state index in [2.05, 4.69) is 10.3 Å². The molecule has 0 aliphatic heterocycles. The number of nitrogens with zero attached hydrogens (tertiary/aromatic N) is 1. The Kier molecular flexibility index (Phi) is 4.70. The minimum atomic E-state index is -0.658. The first-order chi connectivity index (χ1) is 9.56. The maximum absolute atomic E-state index is 12.7. The van der Waals surface area contributed by atoms with Gasteiger partial charge in [0.15, 0.2) is 0 Å². The summed E-state index contributed by atoms with van der Waals surface area (Å²) in [6.07, 6.45) is 8.14. The second-order valence-corrected chi connectivity index (χ2v) is 5.92. The predicted octanol–water partition coefficient (Wildman–Crippen LogP) is 2.50. The highest BCUT2D eigenvalue weighted by Crippen LogP contribution is 2.37. The van der Waals surface area contributed by atoms with Crippen LogP contribution in [0.25, 0.3) is 0 Å². The number of hydrogen-bond acceptors (Lipinski definition) is 3. The molecule has 0 saturated heterocycles. The lowest BCUT2D eigenvalue weighted by Gasteiger charge is -2.35. The zero-order valence-corrected chi connectivity index (χ0v) is 12.6. The molecular weight excluding hydrogens is 270 g/mol. The van der Waals surface area contributed by atoms with Crippen LogP contribution in [-0.2, 0) is 4.79 Å². The summed E-state index contributed by atoms with van der Waals surface area (Å²) < 4.78 is 0. The van der Waals surface area contributed by atoms with E-state index < -0.39 is 5.41 Å². The van der Waals surface area contributed by atoms with Crippen molar-refractivity contribution in [1.82, 2.24) is 10.3 Å². The van der Waals surface area contributed by atoms with Crippen molar-refractivity contribution in [2.24, 2.45) is 11.1 Å². The maximum Gasteiger partial charge on any atom is 0.233 e. The summed E-state index contributed by atoms with van der Waals surface area (Å²) in [6, 6.07) is 3.73. The van der Waals surface area contributed by atoms with E-state index in [0.29, 0.717) is 4.99 Å². The summed E-state index contributed by atoms with van der Waals surface area (Å²) >= 11 is 5.18. The van der Waals surface area contributed by atoms with E-state index in [4.69, 9.17) is 18.0 Å². The fourth-order valence-corrected chi connectivity index (χ4v) is 3.11. The van der Waals surface area contributed by atoms with Crippen LogP contribution in [-0.4, -0.2) is 15.9 Å². The van der Waals surface area contributed by atoms with Crippen molar-refractivity contribution < 1.29 is 4.79 Å². The molecule has 1 amide bonds. The molecule has 0 spiro atoms. The zero-order chi connectivity index (χ0) is 14.6. The van der Waals surface area contributed by atoms with E-state index in [1.807, 2.05) is 19.1 Å². The van der Waals surface area contributed by atoms with Gasteiger partial charge in [-0.15, -0.1) is 0 Å². The fraction of sp³-hybridized carbons (Fsp3) is 0.533. The average molecular weight is 291 g/mol. The van der Waals surface area contributed by atoms with Gasteiger partial charge in [-0.25, -0.2) is 0 Å². The molecule has 1 heterocycles. The van der Waals surface area contributed by atoms with Gasteiger partial charge >= 0.3 is 0 Å². The Bertz CT molecular complexity index is 483. The topological polar surface area (TPSA) is 68.0 Å². The normalized spacial score (nSPS) is 19.1. The summed E-state index contributed by atoms with van der Waals surface area (Å²) in [5.41, 5.74) is 6.25. The van der Waals surface area contributed by atoms with Crippen molar-refractivity contribution in [3.05, 3.63) is 30.1 Å². The number of carbonyl (C=O) groups excluding carboxylic acids is 1. The molecule has 4 nitrogen and oxygen atoms in total. The zero-order valence-electron chi connectivity index (χ0n) is 11.8. The molecule has 1 unspecified atom stereocenters. The van der Waals surface area contributed by atoms with Gasteiger partial charge in [0.1, 0.15) is 0 Å². The molecule has 1 atom stereocenters. The Morgan fingerprint density at radius 2 is 1.95 bits per heavy atom. The third kappa shape index (κ3) is 2.98. The third-order valence-electron chi connectivity index (χ3n) is 4.17. The summed E-state index contributed by atoms with van der Waals surface area (Å²) in [5, 5.41) is 3.05. The van der Waals surface area contributed by atoms with Crippen LogP contribution in [0.2, 0.25) is 0 Å². The molecule has 1 aromatic rings. The van der Waals surface area contributed by atoms with Crippen molar-refractivity contribution >= 4 is 23.1 Å². The molecule has 3 N–H and O–H groups in total. The first kappa shape index (κ1) is 14.9. The predicted molar refractivity (Wildman–Crippen MR) is 83.1 cm³/mol. The van der Waals surface area contributed by atoms with Crippen LogP contribution in [0.15, 0.2) is 24.5 Å². The second-order valence-electron chi connectivity index (χ2n) is 5.48. The molecule has 20 heavy (non-hydrogen) atoms. The number of nitrogens with two attached hydrogens (primary N) is 1. The third-order valence-corrected chi connectivity index (χ3v) is 4.56. The quantitative estimate of drug-likeness (QED) is 0.836. The number of nitrogens with one attached hydrogen (secondary N) is 1. The lowest BCUT2D eigenvalue weighted by Crippen LogP contribution is -2.50. The van der Waals surface area contributed by atoms with Gasteiger partial charge in [0, 0.05) is 12.4 Å². The Hall–Kier alpha value is -1.49. The number of aromatic nitrogens is 1. The largest absolute Gasteiger partial charge is 0.392 e. The van der Waals surface area contributed by atoms with Gasteiger partial charge in [-0.3, -0.25) is 9.78 Å². The van der Waals surface area contributed by atoms with Crippen LogP contribution in [0.5, 0.6) is 0 Å². The summed E-state index contributed by atoms with van der Waals surface area (Å²) in [7, 11) is 0. The molecule has 2 rings (SSSR count). The molecule has 1 saturated carbocycles. The van der Waals surface area contributed by atoms with Crippen LogP contribution < -0.4 is 11.1 Å². The molecular formula is C15H21N3OS. The van der Waals surface area contributed by atoms with E-state index >= 15 is 0 Å². The van der Waals surface area contributed by atoms with E-state index in [1.54, 1.807) is 12.4 Å². The van der Waals surface area contributed by atoms with Crippen molar-refractivity contribution in [3.8, 4) is 0 Å². The lowest BCUT2D eigenvalue weighted by molar-refractivity contribution is -0.129. The number of hydrogen-bond donors (Lipinski definition) is 2. The Labute approximate surface area is 125 Å². The molecule has 1 fully saturated rings. The van der Waals surface area contributed by atoms with Gasteiger partial charge in [-0.1, -0.05) is 31.5 Å². The SMILES string of the molecule is CC(NC(=O)C1(C(N)=S)CCCCC1)c1ccncc1. The van der Waals surface area contributed by atoms with Gasteiger partial charge in [0.05, 0.1) is 16.4 Å². The van der Waals surface area contributed by atoms with Crippen molar-refractivity contribution in [2.45, 2.75) is 45.1 Å². The standard InChI is InChI=1S/C15H21N3OS/c1-11(12-5-9-17-10-6-12)18-14(19)15(13(16)20)7-3-2-4-8-15/h5-6,9-11H,2-4,7-8H2,1H3,(H2,16,20)(H,18,19). The Morgan fingerprint density at radius 1 is 1.35 bits per heavy atom. The molecule has 1 aromatic heterocycles. The number of rotatable bonds is 4. The minimum Gasteiger partial charge on any atom is -0.392 e. The van der Waals surface area contributed by atoms with E-state index in [-0.39, 0.29) is 11.9 Å². The lowest BCUT2D eigenvalue weighted by atomic mass is 9.73. The molecule has 0 bridgehead atoms. The molecule has 0 aromatic carbocycles.